The summed E-state index contributed by atoms with van der Waals surface area (Å²) in [4.78, 5) is 60.0. The van der Waals surface area contributed by atoms with Gasteiger partial charge in [0.2, 0.25) is 0 Å². The summed E-state index contributed by atoms with van der Waals surface area (Å²) < 4.78 is 41.1. The van der Waals surface area contributed by atoms with Crippen LogP contribution in [0.5, 0.6) is 23.0 Å². The molecule has 2 aromatic rings. The molecule has 0 saturated heterocycles. The van der Waals surface area contributed by atoms with E-state index in [0.717, 1.165) is 81.9 Å². The zero-order valence-corrected chi connectivity index (χ0v) is 44.3. The molecule has 0 aromatic heterocycles. The number of benzene rings is 2. The van der Waals surface area contributed by atoms with Crippen LogP contribution in [0.2, 0.25) is 0 Å². The normalized spacial score (nSPS) is 21.9. The highest BCUT2D eigenvalue weighted by atomic mass is 16.6. The minimum absolute atomic E-state index is 0.0982. The predicted molar refractivity (Wildman–Crippen MR) is 271 cm³/mol. The molecule has 6 aliphatic rings. The summed E-state index contributed by atoms with van der Waals surface area (Å²) >= 11 is 0. The molecule has 2 aromatic carbocycles. The number of ether oxygens (including phenoxy) is 7. The molecule has 2 aliphatic heterocycles. The first kappa shape index (κ1) is 52.1. The summed E-state index contributed by atoms with van der Waals surface area (Å²) in [6.45, 7) is 19.9. The van der Waals surface area contributed by atoms with Crippen LogP contribution in [-0.4, -0.2) is 114 Å². The lowest BCUT2D eigenvalue weighted by Crippen LogP contribution is -2.43. The number of carbonyl (C=O) groups is 4. The van der Waals surface area contributed by atoms with E-state index in [1.54, 1.807) is 14.2 Å². The molecule has 0 spiro atoms. The molecule has 71 heavy (non-hydrogen) atoms. The van der Waals surface area contributed by atoms with Crippen LogP contribution in [0.15, 0.2) is 81.5 Å². The van der Waals surface area contributed by atoms with Crippen molar-refractivity contribution in [2.45, 2.75) is 119 Å². The van der Waals surface area contributed by atoms with Crippen LogP contribution in [0.1, 0.15) is 130 Å². The first-order valence-corrected chi connectivity index (χ1v) is 25.4. The lowest BCUT2D eigenvalue weighted by Gasteiger charge is -2.48. The van der Waals surface area contributed by atoms with Gasteiger partial charge in [-0.2, -0.15) is 0 Å². The molecular weight excluding hydrogens is 901 g/mol. The molecule has 8 rings (SSSR count). The number of Topliss-reactive ketones (excluding diaryl/α,β-unsaturated/α-hetero) is 4. The highest BCUT2D eigenvalue weighted by molar-refractivity contribution is 6.08. The Balaban J connectivity index is 0.782. The van der Waals surface area contributed by atoms with Crippen LogP contribution in [0.3, 0.4) is 0 Å². The van der Waals surface area contributed by atoms with E-state index < -0.39 is 11.8 Å². The molecule has 0 bridgehead atoms. The molecule has 0 N–H and O–H groups in total. The number of ketones is 4. The predicted octanol–water partition coefficient (Wildman–Crippen LogP) is 9.84. The number of hydrogen-bond donors (Lipinski definition) is 0. The van der Waals surface area contributed by atoms with Gasteiger partial charge in [0.1, 0.15) is 13.2 Å². The fraction of sp³-hybridized carbons (Fsp3) is 0.586. The zero-order chi connectivity index (χ0) is 51.2. The van der Waals surface area contributed by atoms with Gasteiger partial charge in [-0.05, 0) is 82.7 Å². The lowest BCUT2D eigenvalue weighted by molar-refractivity contribution is -0.121. The minimum atomic E-state index is -0.450. The van der Waals surface area contributed by atoms with Gasteiger partial charge in [0.25, 0.3) is 0 Å². The van der Waals surface area contributed by atoms with E-state index in [9.17, 15) is 19.2 Å². The third-order valence-electron chi connectivity index (χ3n) is 15.1. The first-order chi connectivity index (χ1) is 33.5. The summed E-state index contributed by atoms with van der Waals surface area (Å²) in [5, 5.41) is 0. The number of allylic oxidation sites excluding steroid dienone is 8. The average Bonchev–Trinajstić information content (AvgIpc) is 3.28. The van der Waals surface area contributed by atoms with Crippen LogP contribution < -0.4 is 18.9 Å². The minimum Gasteiger partial charge on any atom is -0.493 e. The highest BCUT2D eigenvalue weighted by Crippen LogP contribution is 2.56. The molecule has 0 fully saturated rings. The Bertz CT molecular complexity index is 2310. The van der Waals surface area contributed by atoms with Gasteiger partial charge in [0, 0.05) is 96.7 Å². The first-order valence-electron chi connectivity index (χ1n) is 25.4. The van der Waals surface area contributed by atoms with Gasteiger partial charge < -0.3 is 43.0 Å². The van der Waals surface area contributed by atoms with Crippen molar-refractivity contribution < 1.29 is 52.3 Å². The average molecular weight is 977 g/mol. The van der Waals surface area contributed by atoms with Crippen LogP contribution in [0.25, 0.3) is 0 Å². The molecule has 0 radical (unpaired) electrons. The van der Waals surface area contributed by atoms with Crippen LogP contribution in [0, 0.1) is 21.7 Å². The standard InChI is InChI=1S/C58H76N2O11/c1-55(2)27-37-51(41(61)31-55)49(52-38(59(37)9)28-56(3,4)32-42(52)62)35-13-15-45(47(25-35)65-11)70-23-21-68-19-17-67-18-20-69-22-24-71-46-16-14-36(26-48(46)66-12)50-53-39(29-57(5,6)33-43(53)63)60(10)40-30-58(7,8)34-44(64)54(40)50/h13-16,25-26,49-50H,17-24,27-34H2,1-12H3. The Morgan fingerprint density at radius 2 is 0.676 bits per heavy atom. The second-order valence-corrected chi connectivity index (χ2v) is 23.5. The zero-order valence-electron chi connectivity index (χ0n) is 44.3. The molecule has 0 unspecified atom stereocenters. The van der Waals surface area contributed by atoms with E-state index >= 15 is 0 Å². The van der Waals surface area contributed by atoms with Crippen molar-refractivity contribution in [3.63, 3.8) is 0 Å². The quantitative estimate of drug-likeness (QED) is 0.131. The van der Waals surface area contributed by atoms with Gasteiger partial charge in [-0.1, -0.05) is 67.5 Å². The smallest absolute Gasteiger partial charge is 0.162 e. The maximum absolute atomic E-state index is 13.9. The van der Waals surface area contributed by atoms with Crippen LogP contribution >= 0.6 is 0 Å². The van der Waals surface area contributed by atoms with Gasteiger partial charge in [-0.15, -0.1) is 0 Å². The molecule has 13 heteroatoms. The molecule has 0 atom stereocenters. The van der Waals surface area contributed by atoms with E-state index in [2.05, 4.69) is 65.2 Å². The van der Waals surface area contributed by atoms with Gasteiger partial charge in [0.05, 0.1) is 53.9 Å². The summed E-state index contributed by atoms with van der Waals surface area (Å²) in [6, 6.07) is 11.5. The van der Waals surface area contributed by atoms with E-state index in [0.29, 0.717) is 102 Å². The topological polar surface area (TPSA) is 139 Å². The summed E-state index contributed by atoms with van der Waals surface area (Å²) in [6.07, 6.45) is 4.82. The third-order valence-corrected chi connectivity index (χ3v) is 15.1. The summed E-state index contributed by atoms with van der Waals surface area (Å²) in [5.74, 6) is 1.67. The van der Waals surface area contributed by atoms with Crippen molar-refractivity contribution in [1.82, 2.24) is 9.80 Å². The molecule has 0 saturated carbocycles. The Morgan fingerprint density at radius 3 is 0.944 bits per heavy atom. The van der Waals surface area contributed by atoms with Crippen LogP contribution in [-0.2, 0) is 33.4 Å². The Labute approximate surface area is 420 Å². The van der Waals surface area contributed by atoms with Crippen molar-refractivity contribution >= 4 is 23.1 Å². The number of nitrogens with zero attached hydrogens (tertiary/aromatic N) is 2. The second kappa shape index (κ2) is 20.3. The molecular formula is C58H76N2O11. The number of carbonyl (C=O) groups excluding carboxylic acids is 4. The van der Waals surface area contributed by atoms with E-state index in [4.69, 9.17) is 33.2 Å². The van der Waals surface area contributed by atoms with E-state index in [1.165, 1.54) is 0 Å². The summed E-state index contributed by atoms with van der Waals surface area (Å²) in [5.41, 5.74) is 8.03. The highest BCUT2D eigenvalue weighted by Gasteiger charge is 2.50. The molecule has 2 heterocycles. The maximum Gasteiger partial charge on any atom is 0.162 e. The molecule has 13 nitrogen and oxygen atoms in total. The van der Waals surface area contributed by atoms with Gasteiger partial charge >= 0.3 is 0 Å². The van der Waals surface area contributed by atoms with Crippen molar-refractivity contribution in [2.24, 2.45) is 21.7 Å². The van der Waals surface area contributed by atoms with Crippen molar-refractivity contribution in [3.8, 4) is 23.0 Å². The molecule has 0 amide bonds. The summed E-state index contributed by atoms with van der Waals surface area (Å²) in [7, 11) is 7.23. The van der Waals surface area contributed by atoms with E-state index in [-0.39, 0.29) is 44.8 Å². The fourth-order valence-corrected chi connectivity index (χ4v) is 11.9. The maximum atomic E-state index is 13.9. The molecule has 384 valence electrons. The van der Waals surface area contributed by atoms with E-state index in [1.807, 2.05) is 50.5 Å². The van der Waals surface area contributed by atoms with Crippen molar-refractivity contribution in [1.29, 1.82) is 0 Å². The Hall–Kier alpha value is -5.24. The SMILES string of the molecule is COc1cc(C2C3=C(CC(C)(C)CC3=O)N(C)C3=C2C(=O)CC(C)(C)C3)ccc1OCCOCCOCCOCCOc1ccc(C2C3=C(CC(C)(C)CC3=O)N(C)C3=C2C(=O)CC(C)(C)C3)cc1OC. The Kier molecular flexibility index (Phi) is 14.9. The number of rotatable bonds is 18. The molecule has 4 aliphatic carbocycles. The number of hydrogen-bond acceptors (Lipinski definition) is 13. The van der Waals surface area contributed by atoms with Crippen molar-refractivity contribution in [2.75, 3.05) is 81.2 Å². The van der Waals surface area contributed by atoms with Crippen molar-refractivity contribution in [3.05, 3.63) is 92.6 Å². The Morgan fingerprint density at radius 1 is 0.408 bits per heavy atom. The second-order valence-electron chi connectivity index (χ2n) is 23.5. The van der Waals surface area contributed by atoms with Crippen LogP contribution in [0.4, 0.5) is 0 Å². The largest absolute Gasteiger partial charge is 0.493 e. The third kappa shape index (κ3) is 10.9. The van der Waals surface area contributed by atoms with Gasteiger partial charge in [0.15, 0.2) is 46.1 Å². The van der Waals surface area contributed by atoms with Gasteiger partial charge in [-0.3, -0.25) is 19.2 Å². The fourth-order valence-electron chi connectivity index (χ4n) is 11.9. The monoisotopic (exact) mass is 977 g/mol. The number of methoxy groups -OCH3 is 2. The van der Waals surface area contributed by atoms with Gasteiger partial charge in [-0.25, -0.2) is 0 Å². The lowest BCUT2D eigenvalue weighted by atomic mass is 9.63.